The highest BCUT2D eigenvalue weighted by Crippen LogP contribution is 2.34. The summed E-state index contributed by atoms with van der Waals surface area (Å²) < 4.78 is 10.8. The highest BCUT2D eigenvalue weighted by molar-refractivity contribution is 5.49. The van der Waals surface area contributed by atoms with Crippen LogP contribution in [0.5, 0.6) is 11.5 Å². The lowest BCUT2D eigenvalue weighted by molar-refractivity contribution is 0.165. The number of rotatable bonds is 1. The van der Waals surface area contributed by atoms with Crippen molar-refractivity contribution in [2.24, 2.45) is 0 Å². The maximum absolute atomic E-state index is 9.08. The molecule has 70 valence electrons. The van der Waals surface area contributed by atoms with Crippen LogP contribution < -0.4 is 9.47 Å². The highest BCUT2D eigenvalue weighted by atomic mass is 16.6. The molecule has 0 spiro atoms. The van der Waals surface area contributed by atoms with Gasteiger partial charge in [0.05, 0.1) is 6.61 Å². The van der Waals surface area contributed by atoms with Crippen molar-refractivity contribution >= 4 is 0 Å². The van der Waals surface area contributed by atoms with Gasteiger partial charge >= 0.3 is 0 Å². The van der Waals surface area contributed by atoms with Crippen LogP contribution in [0.25, 0.3) is 0 Å². The summed E-state index contributed by atoms with van der Waals surface area (Å²) in [5.74, 6) is 1.44. The third-order valence-electron chi connectivity index (χ3n) is 2.03. The largest absolute Gasteiger partial charge is 0.486 e. The monoisotopic (exact) mass is 180 g/mol. The summed E-state index contributed by atoms with van der Waals surface area (Å²) in [6.07, 6.45) is 0. The zero-order chi connectivity index (χ0) is 9.26. The van der Waals surface area contributed by atoms with Crippen molar-refractivity contribution in [1.82, 2.24) is 0 Å². The molecule has 3 heteroatoms. The summed E-state index contributed by atoms with van der Waals surface area (Å²) in [5, 5.41) is 9.08. The molecule has 1 aliphatic rings. The molecule has 0 fully saturated rings. The lowest BCUT2D eigenvalue weighted by atomic mass is 10.1. The lowest BCUT2D eigenvalue weighted by Gasteiger charge is -2.21. The van der Waals surface area contributed by atoms with E-state index < -0.39 is 0 Å². The van der Waals surface area contributed by atoms with E-state index in [1.54, 1.807) is 0 Å². The molecule has 0 bridgehead atoms. The van der Waals surface area contributed by atoms with Crippen LogP contribution in [0.3, 0.4) is 0 Å². The lowest BCUT2D eigenvalue weighted by Crippen LogP contribution is -2.16. The maximum atomic E-state index is 9.08. The zero-order valence-electron chi connectivity index (χ0n) is 7.54. The smallest absolute Gasteiger partial charge is 0.166 e. The Balaban J connectivity index is 2.50. The van der Waals surface area contributed by atoms with Gasteiger partial charge in [0, 0.05) is 5.56 Å². The minimum absolute atomic E-state index is 0.00657. The van der Waals surface area contributed by atoms with E-state index in [9.17, 15) is 0 Å². The Kier molecular flexibility index (Phi) is 2.10. The summed E-state index contributed by atoms with van der Waals surface area (Å²) in [6.45, 7) is 3.11. The van der Waals surface area contributed by atoms with E-state index in [4.69, 9.17) is 14.6 Å². The predicted octanol–water partition coefficient (Wildman–Crippen LogP) is 1.26. The van der Waals surface area contributed by atoms with E-state index >= 15 is 0 Å². The quantitative estimate of drug-likeness (QED) is 0.707. The fourth-order valence-corrected chi connectivity index (χ4v) is 1.50. The van der Waals surface area contributed by atoms with Gasteiger partial charge in [0.25, 0.3) is 0 Å². The third-order valence-corrected chi connectivity index (χ3v) is 2.03. The second kappa shape index (κ2) is 3.26. The molecule has 0 saturated carbocycles. The highest BCUT2D eigenvalue weighted by Gasteiger charge is 2.15. The molecule has 1 aromatic carbocycles. The van der Waals surface area contributed by atoms with Crippen molar-refractivity contribution < 1.29 is 14.6 Å². The average molecular weight is 180 g/mol. The zero-order valence-corrected chi connectivity index (χ0v) is 7.54. The standard InChI is InChI=1S/C10H12O3/c1-7-4-8(6-11)10-9(5-7)12-2-3-13-10/h4-5,11H,2-3,6H2,1H3. The average Bonchev–Trinajstić information content (AvgIpc) is 2.16. The van der Waals surface area contributed by atoms with Crippen LogP contribution in [0.4, 0.5) is 0 Å². The first-order chi connectivity index (χ1) is 6.31. The molecule has 1 heterocycles. The molecule has 3 nitrogen and oxygen atoms in total. The first kappa shape index (κ1) is 8.38. The van der Waals surface area contributed by atoms with Crippen LogP contribution in [-0.2, 0) is 6.61 Å². The maximum Gasteiger partial charge on any atom is 0.166 e. The van der Waals surface area contributed by atoms with E-state index in [0.29, 0.717) is 19.0 Å². The van der Waals surface area contributed by atoms with Gasteiger partial charge in [0.15, 0.2) is 11.5 Å². The van der Waals surface area contributed by atoms with Crippen LogP contribution in [0.2, 0.25) is 0 Å². The number of hydrogen-bond acceptors (Lipinski definition) is 3. The fourth-order valence-electron chi connectivity index (χ4n) is 1.50. The number of fused-ring (bicyclic) bond motifs is 1. The number of aliphatic hydroxyl groups is 1. The molecule has 0 radical (unpaired) electrons. The molecular weight excluding hydrogens is 168 g/mol. The van der Waals surface area contributed by atoms with E-state index in [1.165, 1.54) is 0 Å². The van der Waals surface area contributed by atoms with Gasteiger partial charge < -0.3 is 14.6 Å². The van der Waals surface area contributed by atoms with Crippen molar-refractivity contribution in [3.05, 3.63) is 23.3 Å². The molecule has 0 saturated heterocycles. The van der Waals surface area contributed by atoms with Gasteiger partial charge in [-0.2, -0.15) is 0 Å². The van der Waals surface area contributed by atoms with Crippen LogP contribution in [0.15, 0.2) is 12.1 Å². The van der Waals surface area contributed by atoms with Crippen LogP contribution in [0.1, 0.15) is 11.1 Å². The first-order valence-electron chi connectivity index (χ1n) is 4.31. The first-order valence-corrected chi connectivity index (χ1v) is 4.31. The predicted molar refractivity (Wildman–Crippen MR) is 48.1 cm³/mol. The second-order valence-electron chi connectivity index (χ2n) is 3.11. The van der Waals surface area contributed by atoms with Crippen molar-refractivity contribution in [1.29, 1.82) is 0 Å². The minimum atomic E-state index is -0.00657. The molecular formula is C10H12O3. The van der Waals surface area contributed by atoms with Crippen LogP contribution >= 0.6 is 0 Å². The van der Waals surface area contributed by atoms with Crippen LogP contribution in [-0.4, -0.2) is 18.3 Å². The summed E-state index contributed by atoms with van der Waals surface area (Å²) in [5.41, 5.74) is 1.88. The van der Waals surface area contributed by atoms with Crippen molar-refractivity contribution in [3.8, 4) is 11.5 Å². The Labute approximate surface area is 76.9 Å². The van der Waals surface area contributed by atoms with E-state index in [-0.39, 0.29) is 6.61 Å². The SMILES string of the molecule is Cc1cc(CO)c2c(c1)OCCO2. The Morgan fingerprint density at radius 1 is 1.31 bits per heavy atom. The number of aliphatic hydroxyl groups excluding tert-OH is 1. The normalized spacial score (nSPS) is 14.3. The number of aryl methyl sites for hydroxylation is 1. The Bertz CT molecular complexity index is 303. The molecule has 0 atom stereocenters. The molecule has 0 aliphatic carbocycles. The topological polar surface area (TPSA) is 38.7 Å². The van der Waals surface area contributed by atoms with E-state index in [1.807, 2.05) is 19.1 Å². The summed E-state index contributed by atoms with van der Waals surface area (Å²) in [4.78, 5) is 0. The van der Waals surface area contributed by atoms with Gasteiger partial charge in [-0.1, -0.05) is 0 Å². The van der Waals surface area contributed by atoms with E-state index in [0.717, 1.165) is 16.9 Å². The summed E-state index contributed by atoms with van der Waals surface area (Å²) in [6, 6.07) is 3.83. The van der Waals surface area contributed by atoms with Crippen molar-refractivity contribution in [2.45, 2.75) is 13.5 Å². The summed E-state index contributed by atoms with van der Waals surface area (Å²) >= 11 is 0. The Morgan fingerprint density at radius 2 is 2.08 bits per heavy atom. The minimum Gasteiger partial charge on any atom is -0.486 e. The van der Waals surface area contributed by atoms with Gasteiger partial charge in [-0.25, -0.2) is 0 Å². The molecule has 0 aromatic heterocycles. The Hall–Kier alpha value is -1.22. The van der Waals surface area contributed by atoms with Crippen molar-refractivity contribution in [2.75, 3.05) is 13.2 Å². The van der Waals surface area contributed by atoms with Gasteiger partial charge in [-0.05, 0) is 24.6 Å². The molecule has 0 amide bonds. The summed E-state index contributed by atoms with van der Waals surface area (Å²) in [7, 11) is 0. The molecule has 2 rings (SSSR count). The Morgan fingerprint density at radius 3 is 2.85 bits per heavy atom. The second-order valence-corrected chi connectivity index (χ2v) is 3.11. The van der Waals surface area contributed by atoms with Crippen LogP contribution in [0, 0.1) is 6.92 Å². The molecule has 1 N–H and O–H groups in total. The van der Waals surface area contributed by atoms with Gasteiger partial charge in [0.1, 0.15) is 13.2 Å². The molecule has 1 aliphatic heterocycles. The molecule has 1 aromatic rings. The van der Waals surface area contributed by atoms with E-state index in [2.05, 4.69) is 0 Å². The van der Waals surface area contributed by atoms with Gasteiger partial charge in [0.2, 0.25) is 0 Å². The van der Waals surface area contributed by atoms with Gasteiger partial charge in [-0.3, -0.25) is 0 Å². The number of ether oxygens (including phenoxy) is 2. The number of benzene rings is 1. The molecule has 0 unspecified atom stereocenters. The third kappa shape index (κ3) is 1.47. The fraction of sp³-hybridized carbons (Fsp3) is 0.400. The number of hydrogen-bond donors (Lipinski definition) is 1. The molecule has 13 heavy (non-hydrogen) atoms. The van der Waals surface area contributed by atoms with Crippen molar-refractivity contribution in [3.63, 3.8) is 0 Å². The van der Waals surface area contributed by atoms with Gasteiger partial charge in [-0.15, -0.1) is 0 Å².